The molecule has 0 saturated heterocycles. The fourth-order valence-corrected chi connectivity index (χ4v) is 2.63. The first-order chi connectivity index (χ1) is 12.0. The number of rotatable bonds is 7. The molecular weight excluding hydrogens is 314 g/mol. The lowest BCUT2D eigenvalue weighted by Crippen LogP contribution is -2.39. The van der Waals surface area contributed by atoms with Crippen LogP contribution in [0.2, 0.25) is 0 Å². The molecule has 136 valence electrons. The Hall–Kier alpha value is -2.37. The fraction of sp³-hybridized carbons (Fsp3) is 0.526. The molecule has 6 nitrogen and oxygen atoms in total. The van der Waals surface area contributed by atoms with Crippen molar-refractivity contribution in [2.45, 2.75) is 46.6 Å². The smallest absolute Gasteiger partial charge is 0.228 e. The topological polar surface area (TPSA) is 75.3 Å². The van der Waals surface area contributed by atoms with E-state index in [-0.39, 0.29) is 6.04 Å². The van der Waals surface area contributed by atoms with Gasteiger partial charge in [-0.1, -0.05) is 43.3 Å². The van der Waals surface area contributed by atoms with Crippen LogP contribution in [0.3, 0.4) is 0 Å². The molecule has 2 N–H and O–H groups in total. The SMILES string of the molecule is CN=C(NCCc1nc(C)no1)NC(C)c1ccc(CC(C)C)cc1. The van der Waals surface area contributed by atoms with E-state index in [4.69, 9.17) is 4.52 Å². The maximum absolute atomic E-state index is 5.11. The highest BCUT2D eigenvalue weighted by molar-refractivity contribution is 5.80. The molecular formula is C19H29N5O. The molecule has 1 aromatic carbocycles. The molecule has 0 spiro atoms. The highest BCUT2D eigenvalue weighted by Crippen LogP contribution is 2.15. The lowest BCUT2D eigenvalue weighted by atomic mass is 10.00. The Morgan fingerprint density at radius 1 is 1.20 bits per heavy atom. The number of guanidine groups is 1. The summed E-state index contributed by atoms with van der Waals surface area (Å²) >= 11 is 0. The van der Waals surface area contributed by atoms with Crippen LogP contribution in [-0.2, 0) is 12.8 Å². The minimum Gasteiger partial charge on any atom is -0.356 e. The van der Waals surface area contributed by atoms with Crippen molar-refractivity contribution in [2.24, 2.45) is 10.9 Å². The van der Waals surface area contributed by atoms with E-state index in [0.717, 1.165) is 12.4 Å². The first kappa shape index (κ1) is 19.0. The van der Waals surface area contributed by atoms with Crippen LogP contribution in [0.25, 0.3) is 0 Å². The zero-order valence-corrected chi connectivity index (χ0v) is 15.8. The van der Waals surface area contributed by atoms with Crippen molar-refractivity contribution in [3.63, 3.8) is 0 Å². The van der Waals surface area contributed by atoms with Gasteiger partial charge in [-0.3, -0.25) is 4.99 Å². The molecule has 2 aromatic rings. The van der Waals surface area contributed by atoms with Crippen molar-refractivity contribution >= 4 is 5.96 Å². The Morgan fingerprint density at radius 3 is 2.48 bits per heavy atom. The van der Waals surface area contributed by atoms with Crippen LogP contribution in [0.1, 0.15) is 49.7 Å². The highest BCUT2D eigenvalue weighted by Gasteiger charge is 2.09. The molecule has 6 heteroatoms. The van der Waals surface area contributed by atoms with Gasteiger partial charge in [0.2, 0.25) is 5.89 Å². The summed E-state index contributed by atoms with van der Waals surface area (Å²) in [6.07, 6.45) is 1.78. The summed E-state index contributed by atoms with van der Waals surface area (Å²) in [5, 5.41) is 10.5. The third kappa shape index (κ3) is 6.21. The van der Waals surface area contributed by atoms with Gasteiger partial charge in [-0.15, -0.1) is 0 Å². The number of nitrogens with one attached hydrogen (secondary N) is 2. The van der Waals surface area contributed by atoms with Crippen molar-refractivity contribution in [2.75, 3.05) is 13.6 Å². The van der Waals surface area contributed by atoms with Crippen LogP contribution in [0.5, 0.6) is 0 Å². The van der Waals surface area contributed by atoms with E-state index < -0.39 is 0 Å². The Balaban J connectivity index is 1.83. The molecule has 0 aliphatic heterocycles. The summed E-state index contributed by atoms with van der Waals surface area (Å²) in [7, 11) is 1.77. The average Bonchev–Trinajstić information content (AvgIpc) is 2.99. The molecule has 25 heavy (non-hydrogen) atoms. The Kier molecular flexibility index (Phi) is 6.98. The minimum atomic E-state index is 0.171. The van der Waals surface area contributed by atoms with Crippen LogP contribution in [-0.4, -0.2) is 29.7 Å². The van der Waals surface area contributed by atoms with Crippen molar-refractivity contribution < 1.29 is 4.52 Å². The van der Waals surface area contributed by atoms with Crippen LogP contribution < -0.4 is 10.6 Å². The standard InChI is InChI=1S/C19H29N5O/c1-13(2)12-16-6-8-17(9-7-16)14(3)22-19(20-5)21-11-10-18-23-15(4)24-25-18/h6-9,13-14H,10-12H2,1-5H3,(H2,20,21,22). The van der Waals surface area contributed by atoms with Gasteiger partial charge in [-0.25, -0.2) is 0 Å². The second-order valence-corrected chi connectivity index (χ2v) is 6.69. The number of aliphatic imine (C=N–C) groups is 1. The van der Waals surface area contributed by atoms with Gasteiger partial charge in [-0.2, -0.15) is 4.98 Å². The maximum Gasteiger partial charge on any atom is 0.228 e. The quantitative estimate of drug-likeness (QED) is 0.597. The van der Waals surface area contributed by atoms with E-state index >= 15 is 0 Å². The zero-order chi connectivity index (χ0) is 18.2. The summed E-state index contributed by atoms with van der Waals surface area (Å²) in [6, 6.07) is 8.96. The predicted molar refractivity (Wildman–Crippen MR) is 101 cm³/mol. The predicted octanol–water partition coefficient (Wildman–Crippen LogP) is 3.05. The second kappa shape index (κ2) is 9.20. The summed E-state index contributed by atoms with van der Waals surface area (Å²) in [6.45, 7) is 9.11. The van der Waals surface area contributed by atoms with Gasteiger partial charge in [-0.05, 0) is 37.3 Å². The molecule has 2 rings (SSSR count). The average molecular weight is 343 g/mol. The third-order valence-electron chi connectivity index (χ3n) is 3.90. The monoisotopic (exact) mass is 343 g/mol. The number of aromatic nitrogens is 2. The molecule has 0 aliphatic rings. The maximum atomic E-state index is 5.11. The van der Waals surface area contributed by atoms with Gasteiger partial charge >= 0.3 is 0 Å². The van der Waals surface area contributed by atoms with Crippen LogP contribution in [0.4, 0.5) is 0 Å². The van der Waals surface area contributed by atoms with Crippen molar-refractivity contribution in [3.05, 3.63) is 47.1 Å². The molecule has 1 unspecified atom stereocenters. The van der Waals surface area contributed by atoms with Gasteiger partial charge < -0.3 is 15.2 Å². The number of hydrogen-bond acceptors (Lipinski definition) is 4. The van der Waals surface area contributed by atoms with Crippen molar-refractivity contribution in [3.8, 4) is 0 Å². The van der Waals surface area contributed by atoms with Crippen LogP contribution in [0, 0.1) is 12.8 Å². The molecule has 0 bridgehead atoms. The summed E-state index contributed by atoms with van der Waals surface area (Å²) in [4.78, 5) is 8.47. The van der Waals surface area contributed by atoms with E-state index in [9.17, 15) is 0 Å². The Bertz CT molecular complexity index is 675. The molecule has 0 fully saturated rings. The molecule has 1 heterocycles. The molecule has 0 radical (unpaired) electrons. The largest absolute Gasteiger partial charge is 0.356 e. The van der Waals surface area contributed by atoms with Crippen LogP contribution >= 0.6 is 0 Å². The molecule has 1 aromatic heterocycles. The van der Waals surface area contributed by atoms with Gasteiger partial charge in [0, 0.05) is 20.0 Å². The lowest BCUT2D eigenvalue weighted by Gasteiger charge is -2.18. The molecule has 0 aliphatic carbocycles. The molecule has 1 atom stereocenters. The molecule has 0 saturated carbocycles. The van der Waals surface area contributed by atoms with E-state index in [2.05, 4.69) is 70.8 Å². The summed E-state index contributed by atoms with van der Waals surface area (Å²) in [5.41, 5.74) is 2.62. The number of nitrogens with zero attached hydrogens (tertiary/aromatic N) is 3. The number of benzene rings is 1. The summed E-state index contributed by atoms with van der Waals surface area (Å²) in [5.74, 6) is 2.73. The Labute approximate surface area is 150 Å². The first-order valence-electron chi connectivity index (χ1n) is 8.83. The third-order valence-corrected chi connectivity index (χ3v) is 3.90. The van der Waals surface area contributed by atoms with Gasteiger partial charge in [0.1, 0.15) is 0 Å². The van der Waals surface area contributed by atoms with E-state index in [0.29, 0.717) is 30.6 Å². The van der Waals surface area contributed by atoms with Crippen molar-refractivity contribution in [1.82, 2.24) is 20.8 Å². The zero-order valence-electron chi connectivity index (χ0n) is 15.8. The second-order valence-electron chi connectivity index (χ2n) is 6.69. The normalized spacial score (nSPS) is 13.1. The first-order valence-corrected chi connectivity index (χ1v) is 8.83. The lowest BCUT2D eigenvalue weighted by molar-refractivity contribution is 0.374. The van der Waals surface area contributed by atoms with E-state index in [1.54, 1.807) is 7.05 Å². The van der Waals surface area contributed by atoms with Gasteiger partial charge in [0.25, 0.3) is 0 Å². The van der Waals surface area contributed by atoms with E-state index in [1.807, 2.05) is 6.92 Å². The fourth-order valence-electron chi connectivity index (χ4n) is 2.63. The number of hydrogen-bond donors (Lipinski definition) is 2. The highest BCUT2D eigenvalue weighted by atomic mass is 16.5. The molecule has 0 amide bonds. The number of aryl methyl sites for hydroxylation is 1. The minimum absolute atomic E-state index is 0.171. The Morgan fingerprint density at radius 2 is 1.92 bits per heavy atom. The summed E-state index contributed by atoms with van der Waals surface area (Å²) < 4.78 is 5.11. The van der Waals surface area contributed by atoms with Gasteiger partial charge in [0.15, 0.2) is 11.8 Å². The van der Waals surface area contributed by atoms with Crippen molar-refractivity contribution in [1.29, 1.82) is 0 Å². The van der Waals surface area contributed by atoms with E-state index in [1.165, 1.54) is 11.1 Å². The van der Waals surface area contributed by atoms with Crippen LogP contribution in [0.15, 0.2) is 33.8 Å². The van der Waals surface area contributed by atoms with Gasteiger partial charge in [0.05, 0.1) is 6.04 Å².